The minimum Gasteiger partial charge on any atom is -0.390 e. The van der Waals surface area contributed by atoms with Gasteiger partial charge in [0.25, 0.3) is 0 Å². The fourth-order valence-corrected chi connectivity index (χ4v) is 4.10. The van der Waals surface area contributed by atoms with E-state index in [2.05, 4.69) is 77.2 Å². The molecule has 0 amide bonds. The Labute approximate surface area is 163 Å². The molecular formula is C24H30N2O. The van der Waals surface area contributed by atoms with Crippen LogP contribution >= 0.6 is 0 Å². The van der Waals surface area contributed by atoms with Crippen LogP contribution in [-0.4, -0.2) is 46.7 Å². The lowest BCUT2D eigenvalue weighted by atomic mass is 10.1. The zero-order chi connectivity index (χ0) is 19.1. The van der Waals surface area contributed by atoms with Crippen molar-refractivity contribution >= 4 is 0 Å². The van der Waals surface area contributed by atoms with Gasteiger partial charge < -0.3 is 5.11 Å². The van der Waals surface area contributed by atoms with E-state index < -0.39 is 0 Å². The van der Waals surface area contributed by atoms with Crippen molar-refractivity contribution in [3.63, 3.8) is 0 Å². The molecule has 0 saturated heterocycles. The zero-order valence-electron chi connectivity index (χ0n) is 16.4. The summed E-state index contributed by atoms with van der Waals surface area (Å²) in [4.78, 5) is 4.64. The molecule has 0 spiro atoms. The second-order valence-corrected chi connectivity index (χ2v) is 7.42. The predicted octanol–water partition coefficient (Wildman–Crippen LogP) is 3.54. The van der Waals surface area contributed by atoms with Crippen molar-refractivity contribution in [1.82, 2.24) is 9.80 Å². The molecule has 0 radical (unpaired) electrons. The molecule has 0 aliphatic heterocycles. The van der Waals surface area contributed by atoms with Gasteiger partial charge in [0, 0.05) is 25.2 Å². The summed E-state index contributed by atoms with van der Waals surface area (Å²) in [5.41, 5.74) is 2.55. The van der Waals surface area contributed by atoms with Crippen molar-refractivity contribution in [2.24, 2.45) is 0 Å². The highest BCUT2D eigenvalue weighted by atomic mass is 16.3. The molecule has 1 aliphatic carbocycles. The van der Waals surface area contributed by atoms with Gasteiger partial charge in [-0.3, -0.25) is 9.80 Å². The van der Waals surface area contributed by atoms with Gasteiger partial charge in [-0.2, -0.15) is 0 Å². The van der Waals surface area contributed by atoms with E-state index in [4.69, 9.17) is 0 Å². The molecule has 1 N–H and O–H groups in total. The highest BCUT2D eigenvalue weighted by Gasteiger charge is 2.39. The van der Waals surface area contributed by atoms with Crippen LogP contribution in [0.15, 0.2) is 60.7 Å². The summed E-state index contributed by atoms with van der Waals surface area (Å²) in [6.07, 6.45) is 1.66. The van der Waals surface area contributed by atoms with Crippen LogP contribution in [0.5, 0.6) is 0 Å². The normalized spacial score (nSPS) is 22.0. The fraction of sp³-hybridized carbons (Fsp3) is 0.417. The maximum atomic E-state index is 11.1. The van der Waals surface area contributed by atoms with Gasteiger partial charge in [-0.05, 0) is 37.9 Å². The third kappa shape index (κ3) is 5.20. The van der Waals surface area contributed by atoms with E-state index in [1.807, 2.05) is 19.1 Å². The van der Waals surface area contributed by atoms with E-state index in [1.54, 1.807) is 0 Å². The number of likely N-dealkylation sites (N-methyl/N-ethyl adjacent to an activating group) is 1. The van der Waals surface area contributed by atoms with Gasteiger partial charge in [-0.15, -0.1) is 5.92 Å². The number of nitrogens with zero attached hydrogens (tertiary/aromatic N) is 2. The summed E-state index contributed by atoms with van der Waals surface area (Å²) in [7, 11) is 2.12. The van der Waals surface area contributed by atoms with E-state index in [0.29, 0.717) is 6.54 Å². The van der Waals surface area contributed by atoms with Crippen molar-refractivity contribution in [3.8, 4) is 11.8 Å². The molecule has 0 heterocycles. The Morgan fingerprint density at radius 1 is 0.889 bits per heavy atom. The molecule has 2 aromatic carbocycles. The zero-order valence-corrected chi connectivity index (χ0v) is 16.4. The molecule has 142 valence electrons. The summed E-state index contributed by atoms with van der Waals surface area (Å²) < 4.78 is 0. The number of rotatable bonds is 7. The molecule has 2 aromatic rings. The Balaban J connectivity index is 1.67. The molecule has 3 heteroatoms. The average Bonchev–Trinajstić information content (AvgIpc) is 3.08. The standard InChI is InChI=1S/C24H30N2O/c1-3-4-17-26(19-21-13-9-6-10-14-21)23-16-15-22(24(23)27)25(2)18-20-11-7-5-8-12-20/h5-14,22-24,27H,15-19H2,1-2H3/t22-,23-,24-/m1/s1. The van der Waals surface area contributed by atoms with E-state index >= 15 is 0 Å². The summed E-state index contributed by atoms with van der Waals surface area (Å²) in [6, 6.07) is 21.3. The van der Waals surface area contributed by atoms with Crippen LogP contribution in [0.3, 0.4) is 0 Å². The lowest BCUT2D eigenvalue weighted by Gasteiger charge is -2.33. The number of aliphatic hydroxyl groups excluding tert-OH is 1. The number of aliphatic hydroxyl groups is 1. The summed E-state index contributed by atoms with van der Waals surface area (Å²) in [6.45, 7) is 4.26. The van der Waals surface area contributed by atoms with Gasteiger partial charge in [-0.25, -0.2) is 0 Å². The molecule has 27 heavy (non-hydrogen) atoms. The lowest BCUT2D eigenvalue weighted by molar-refractivity contribution is 0.0261. The first-order valence-corrected chi connectivity index (χ1v) is 9.79. The Hall–Kier alpha value is -2.12. The molecule has 3 rings (SSSR count). The molecule has 3 atom stereocenters. The highest BCUT2D eigenvalue weighted by Crippen LogP contribution is 2.29. The van der Waals surface area contributed by atoms with E-state index in [1.165, 1.54) is 11.1 Å². The molecule has 3 nitrogen and oxygen atoms in total. The van der Waals surface area contributed by atoms with Gasteiger partial charge >= 0.3 is 0 Å². The van der Waals surface area contributed by atoms with Crippen molar-refractivity contribution in [2.45, 2.75) is 51.0 Å². The number of hydrogen-bond acceptors (Lipinski definition) is 3. The van der Waals surface area contributed by atoms with E-state index in [-0.39, 0.29) is 18.2 Å². The largest absolute Gasteiger partial charge is 0.390 e. The van der Waals surface area contributed by atoms with Gasteiger partial charge in [-0.1, -0.05) is 66.6 Å². The minimum atomic E-state index is -0.360. The third-order valence-electron chi connectivity index (χ3n) is 5.54. The number of benzene rings is 2. The Morgan fingerprint density at radius 3 is 2.04 bits per heavy atom. The minimum absolute atomic E-state index is 0.147. The lowest BCUT2D eigenvalue weighted by Crippen LogP contribution is -2.47. The molecule has 1 fully saturated rings. The van der Waals surface area contributed by atoms with Crippen LogP contribution in [0.25, 0.3) is 0 Å². The molecule has 0 aromatic heterocycles. The second kappa shape index (κ2) is 9.71. The van der Waals surface area contributed by atoms with Gasteiger partial charge in [0.15, 0.2) is 0 Å². The molecular weight excluding hydrogens is 332 g/mol. The summed E-state index contributed by atoms with van der Waals surface area (Å²) >= 11 is 0. The first-order valence-electron chi connectivity index (χ1n) is 9.79. The Bertz CT molecular complexity index is 750. The van der Waals surface area contributed by atoms with Gasteiger partial charge in [0.2, 0.25) is 0 Å². The van der Waals surface area contributed by atoms with Gasteiger partial charge in [0.1, 0.15) is 0 Å². The van der Waals surface area contributed by atoms with Crippen LogP contribution in [-0.2, 0) is 13.1 Å². The van der Waals surface area contributed by atoms with Crippen LogP contribution in [0.2, 0.25) is 0 Å². The Kier molecular flexibility index (Phi) is 7.06. The second-order valence-electron chi connectivity index (χ2n) is 7.42. The van der Waals surface area contributed by atoms with Gasteiger partial charge in [0.05, 0.1) is 12.6 Å². The Morgan fingerprint density at radius 2 is 1.44 bits per heavy atom. The maximum absolute atomic E-state index is 11.1. The van der Waals surface area contributed by atoms with Crippen LogP contribution < -0.4 is 0 Å². The van der Waals surface area contributed by atoms with E-state index in [0.717, 1.165) is 25.9 Å². The van der Waals surface area contributed by atoms with Crippen molar-refractivity contribution < 1.29 is 5.11 Å². The summed E-state index contributed by atoms with van der Waals surface area (Å²) in [5.74, 6) is 6.21. The van der Waals surface area contributed by atoms with Crippen molar-refractivity contribution in [1.29, 1.82) is 0 Å². The first kappa shape index (κ1) is 19.6. The van der Waals surface area contributed by atoms with Crippen molar-refractivity contribution in [3.05, 3.63) is 71.8 Å². The summed E-state index contributed by atoms with van der Waals surface area (Å²) in [5, 5.41) is 11.1. The smallest absolute Gasteiger partial charge is 0.0850 e. The topological polar surface area (TPSA) is 26.7 Å². The monoisotopic (exact) mass is 362 g/mol. The maximum Gasteiger partial charge on any atom is 0.0850 e. The quantitative estimate of drug-likeness (QED) is 0.763. The first-order chi connectivity index (χ1) is 13.2. The molecule has 0 bridgehead atoms. The molecule has 0 unspecified atom stereocenters. The third-order valence-corrected chi connectivity index (χ3v) is 5.54. The SMILES string of the molecule is CC#CCN(Cc1ccccc1)[C@@H]1CC[C@@H](N(C)Cc2ccccc2)[C@H]1O. The predicted molar refractivity (Wildman–Crippen MR) is 111 cm³/mol. The fourth-order valence-electron chi connectivity index (χ4n) is 4.10. The van der Waals surface area contributed by atoms with Crippen LogP contribution in [0.1, 0.15) is 30.9 Å². The van der Waals surface area contributed by atoms with Crippen LogP contribution in [0, 0.1) is 11.8 Å². The number of hydrogen-bond donors (Lipinski definition) is 1. The molecule has 1 aliphatic rings. The van der Waals surface area contributed by atoms with Crippen molar-refractivity contribution in [2.75, 3.05) is 13.6 Å². The highest BCUT2D eigenvalue weighted by molar-refractivity contribution is 5.17. The molecule has 1 saturated carbocycles. The average molecular weight is 363 g/mol. The van der Waals surface area contributed by atoms with E-state index in [9.17, 15) is 5.11 Å². The van der Waals surface area contributed by atoms with Crippen LogP contribution in [0.4, 0.5) is 0 Å².